The van der Waals surface area contributed by atoms with Crippen molar-refractivity contribution in [3.63, 3.8) is 0 Å². The van der Waals surface area contributed by atoms with Crippen LogP contribution in [-0.2, 0) is 16.0 Å². The Morgan fingerprint density at radius 3 is 2.62 bits per heavy atom. The van der Waals surface area contributed by atoms with Crippen LogP contribution in [0, 0.1) is 12.7 Å². The van der Waals surface area contributed by atoms with Crippen molar-refractivity contribution in [2.24, 2.45) is 0 Å². The maximum Gasteiger partial charge on any atom is 0.254 e. The molecule has 4 rings (SSSR count). The molecule has 0 aliphatic carbocycles. The van der Waals surface area contributed by atoms with Crippen LogP contribution in [0.4, 0.5) is 4.39 Å². The highest BCUT2D eigenvalue weighted by Gasteiger charge is 2.43. The first-order valence-corrected chi connectivity index (χ1v) is 14.3. The predicted octanol–water partition coefficient (Wildman–Crippen LogP) is 3.88. The molecule has 1 saturated heterocycles. The van der Waals surface area contributed by atoms with Crippen molar-refractivity contribution < 1.29 is 29.0 Å². The number of thiophene rings is 1. The summed E-state index contributed by atoms with van der Waals surface area (Å²) in [6, 6.07) is 7.51. The van der Waals surface area contributed by atoms with E-state index in [9.17, 15) is 29.0 Å². The summed E-state index contributed by atoms with van der Waals surface area (Å²) < 4.78 is 15.0. The van der Waals surface area contributed by atoms with Gasteiger partial charge in [0.15, 0.2) is 6.10 Å². The Morgan fingerprint density at radius 1 is 1.20 bits per heavy atom. The molecule has 3 amide bonds. The lowest BCUT2D eigenvalue weighted by molar-refractivity contribution is -0.146. The average Bonchev–Trinajstić information content (AvgIpc) is 3.50. The van der Waals surface area contributed by atoms with Crippen LogP contribution in [0.1, 0.15) is 48.7 Å². The fourth-order valence-corrected chi connectivity index (χ4v) is 6.01. The fourth-order valence-electron chi connectivity index (χ4n) is 4.84. The lowest BCUT2D eigenvalue weighted by Crippen LogP contribution is -2.57. The van der Waals surface area contributed by atoms with E-state index < -0.39 is 46.7 Å². The predicted molar refractivity (Wildman–Crippen MR) is 153 cm³/mol. The minimum atomic E-state index is -1.74. The smallest absolute Gasteiger partial charge is 0.254 e. The van der Waals surface area contributed by atoms with Crippen molar-refractivity contribution in [1.29, 1.82) is 0 Å². The molecule has 214 valence electrons. The normalized spacial score (nSPS) is 18.9. The van der Waals surface area contributed by atoms with Gasteiger partial charge in [0.1, 0.15) is 17.6 Å². The molecular formula is C29H33ClFN3O5S. The standard InChI is InChI=1S/C29H33ClFN3O5S/c1-15-20(12-19(31)13-23(15)35)26(37)32-21(9-16-5-6-17-7-8-40-24(17)10-16)25(36)28(39)34-14-18(30)11-22(34)27(38)33-29(2,3)4/h5-8,10,12-13,18,21-22,25,35-36H,9,11,14H2,1-4H3,(H,32,37)(H,33,38)/t18-,21-,22-,25-/m0/s1. The Kier molecular flexibility index (Phi) is 8.72. The van der Waals surface area contributed by atoms with Gasteiger partial charge in [-0.15, -0.1) is 22.9 Å². The Bertz CT molecular complexity index is 1440. The first kappa shape index (κ1) is 29.8. The third-order valence-corrected chi connectivity index (χ3v) is 8.05. The van der Waals surface area contributed by atoms with Crippen molar-refractivity contribution in [3.05, 3.63) is 64.3 Å². The van der Waals surface area contributed by atoms with Crippen molar-refractivity contribution >= 4 is 50.7 Å². The summed E-state index contributed by atoms with van der Waals surface area (Å²) in [4.78, 5) is 41.2. The molecule has 1 aliphatic heterocycles. The largest absolute Gasteiger partial charge is 0.508 e. The van der Waals surface area contributed by atoms with Crippen LogP contribution in [0.3, 0.4) is 0 Å². The van der Waals surface area contributed by atoms with Crippen LogP contribution < -0.4 is 10.6 Å². The number of nitrogens with zero attached hydrogens (tertiary/aromatic N) is 1. The van der Waals surface area contributed by atoms with Gasteiger partial charge in [0.25, 0.3) is 11.8 Å². The van der Waals surface area contributed by atoms with Gasteiger partial charge >= 0.3 is 0 Å². The lowest BCUT2D eigenvalue weighted by atomic mass is 9.98. The zero-order chi connectivity index (χ0) is 29.4. The van der Waals surface area contributed by atoms with Crippen molar-refractivity contribution in [2.45, 2.75) is 69.6 Å². The zero-order valence-electron chi connectivity index (χ0n) is 22.7. The second-order valence-corrected chi connectivity index (χ2v) is 12.8. The third-order valence-electron chi connectivity index (χ3n) is 6.85. The Morgan fingerprint density at radius 2 is 1.93 bits per heavy atom. The average molecular weight is 590 g/mol. The van der Waals surface area contributed by atoms with Crippen LogP contribution in [0.15, 0.2) is 41.8 Å². The molecule has 1 aromatic heterocycles. The number of carbonyl (C=O) groups excluding carboxylic acids is 3. The van der Waals surface area contributed by atoms with Gasteiger partial charge in [-0.3, -0.25) is 14.4 Å². The summed E-state index contributed by atoms with van der Waals surface area (Å²) in [5.41, 5.74) is 0.243. The number of phenols is 1. The number of nitrogens with one attached hydrogen (secondary N) is 2. The first-order chi connectivity index (χ1) is 18.7. The number of aliphatic hydroxyl groups is 1. The molecule has 2 aromatic carbocycles. The van der Waals surface area contributed by atoms with E-state index in [4.69, 9.17) is 11.6 Å². The van der Waals surface area contributed by atoms with E-state index in [0.717, 1.165) is 27.8 Å². The second kappa shape index (κ2) is 11.7. The minimum Gasteiger partial charge on any atom is -0.508 e. The zero-order valence-corrected chi connectivity index (χ0v) is 24.3. The monoisotopic (exact) mass is 589 g/mol. The quantitative estimate of drug-likeness (QED) is 0.312. The topological polar surface area (TPSA) is 119 Å². The summed E-state index contributed by atoms with van der Waals surface area (Å²) >= 11 is 7.88. The van der Waals surface area contributed by atoms with Gasteiger partial charge in [0.05, 0.1) is 11.4 Å². The molecule has 8 nitrogen and oxygen atoms in total. The van der Waals surface area contributed by atoms with E-state index in [1.54, 1.807) is 0 Å². The number of amides is 3. The van der Waals surface area contributed by atoms with Gasteiger partial charge in [0.2, 0.25) is 5.91 Å². The van der Waals surface area contributed by atoms with E-state index in [0.29, 0.717) is 0 Å². The molecule has 0 spiro atoms. The number of phenolic OH excluding ortho intramolecular Hbond substituents is 1. The molecule has 4 N–H and O–H groups in total. The summed E-state index contributed by atoms with van der Waals surface area (Å²) in [7, 11) is 0. The summed E-state index contributed by atoms with van der Waals surface area (Å²) in [6.45, 7) is 6.98. The molecule has 1 aliphatic rings. The minimum absolute atomic E-state index is 0.0539. The van der Waals surface area contributed by atoms with E-state index in [1.807, 2.05) is 50.4 Å². The summed E-state index contributed by atoms with van der Waals surface area (Å²) in [5, 5.41) is 29.4. The molecule has 11 heteroatoms. The van der Waals surface area contributed by atoms with Gasteiger partial charge in [-0.25, -0.2) is 4.39 Å². The highest BCUT2D eigenvalue weighted by atomic mass is 35.5. The SMILES string of the molecule is Cc1c(O)cc(F)cc1C(=O)N[C@@H](Cc1ccc2ccsc2c1)[C@H](O)C(=O)N1C[C@@H](Cl)C[C@H]1C(=O)NC(C)(C)C. The molecule has 0 bridgehead atoms. The fraction of sp³-hybridized carbons (Fsp3) is 0.414. The Hall–Kier alpha value is -3.21. The number of halogens is 2. The van der Waals surface area contributed by atoms with Crippen LogP contribution in [-0.4, -0.2) is 68.5 Å². The Balaban J connectivity index is 1.63. The number of alkyl halides is 1. The maximum atomic E-state index is 14.0. The number of carbonyl (C=O) groups is 3. The van der Waals surface area contributed by atoms with Gasteiger partial charge in [0, 0.05) is 34.0 Å². The number of aromatic hydroxyl groups is 1. The number of hydrogen-bond acceptors (Lipinski definition) is 6. The van der Waals surface area contributed by atoms with Crippen molar-refractivity contribution in [2.75, 3.05) is 6.54 Å². The highest BCUT2D eigenvalue weighted by Crippen LogP contribution is 2.27. The second-order valence-electron chi connectivity index (χ2n) is 11.2. The molecule has 2 heterocycles. The number of fused-ring (bicyclic) bond motifs is 1. The van der Waals surface area contributed by atoms with E-state index in [-0.39, 0.29) is 42.2 Å². The number of aliphatic hydroxyl groups excluding tert-OH is 1. The van der Waals surface area contributed by atoms with E-state index in [1.165, 1.54) is 23.2 Å². The van der Waals surface area contributed by atoms with E-state index in [2.05, 4.69) is 10.6 Å². The first-order valence-electron chi connectivity index (χ1n) is 12.9. The van der Waals surface area contributed by atoms with Gasteiger partial charge in [-0.1, -0.05) is 12.1 Å². The van der Waals surface area contributed by atoms with Crippen LogP contribution in [0.25, 0.3) is 10.1 Å². The van der Waals surface area contributed by atoms with Crippen molar-refractivity contribution in [1.82, 2.24) is 15.5 Å². The van der Waals surface area contributed by atoms with Gasteiger partial charge in [-0.2, -0.15) is 0 Å². The van der Waals surface area contributed by atoms with Crippen LogP contribution in [0.5, 0.6) is 5.75 Å². The van der Waals surface area contributed by atoms with Crippen LogP contribution in [0.2, 0.25) is 0 Å². The van der Waals surface area contributed by atoms with Gasteiger partial charge in [-0.05, 0) is 75.1 Å². The number of likely N-dealkylation sites (tertiary alicyclic amines) is 1. The molecule has 4 atom stereocenters. The molecule has 0 radical (unpaired) electrons. The van der Waals surface area contributed by atoms with E-state index >= 15 is 0 Å². The number of rotatable bonds is 7. The third kappa shape index (κ3) is 6.74. The Labute approximate surface area is 241 Å². The maximum absolute atomic E-state index is 14.0. The lowest BCUT2D eigenvalue weighted by Gasteiger charge is -2.32. The molecule has 40 heavy (non-hydrogen) atoms. The highest BCUT2D eigenvalue weighted by molar-refractivity contribution is 7.17. The molecular weight excluding hydrogens is 557 g/mol. The molecule has 0 saturated carbocycles. The summed E-state index contributed by atoms with van der Waals surface area (Å²) in [5.74, 6) is -3.09. The molecule has 0 unspecified atom stereocenters. The van der Waals surface area contributed by atoms with Gasteiger partial charge < -0.3 is 25.7 Å². The van der Waals surface area contributed by atoms with Crippen LogP contribution >= 0.6 is 22.9 Å². The molecule has 3 aromatic rings. The molecule has 1 fully saturated rings. The number of hydrogen-bond donors (Lipinski definition) is 4. The number of benzene rings is 2. The van der Waals surface area contributed by atoms with Crippen molar-refractivity contribution in [3.8, 4) is 5.75 Å². The summed E-state index contributed by atoms with van der Waals surface area (Å²) in [6.07, 6.45) is -1.45.